The lowest BCUT2D eigenvalue weighted by molar-refractivity contribution is -0.181. The van der Waals surface area contributed by atoms with Crippen LogP contribution in [0.1, 0.15) is 26.3 Å². The first-order valence-electron chi connectivity index (χ1n) is 12.6. The summed E-state index contributed by atoms with van der Waals surface area (Å²) in [6.07, 6.45) is -2.95. The highest BCUT2D eigenvalue weighted by molar-refractivity contribution is 5.92. The van der Waals surface area contributed by atoms with Crippen LogP contribution in [-0.4, -0.2) is 76.4 Å². The van der Waals surface area contributed by atoms with Crippen LogP contribution < -0.4 is 18.9 Å². The molecule has 2 aromatic carbocycles. The van der Waals surface area contributed by atoms with Crippen molar-refractivity contribution in [3.63, 3.8) is 0 Å². The van der Waals surface area contributed by atoms with E-state index in [-0.39, 0.29) is 23.0 Å². The number of methoxy groups -OCH3 is 3. The molecule has 0 bridgehead atoms. The summed E-state index contributed by atoms with van der Waals surface area (Å²) in [5.41, 5.74) is 0.439. The molecule has 0 N–H and O–H groups in total. The molecule has 1 heterocycles. The van der Waals surface area contributed by atoms with Gasteiger partial charge >= 0.3 is 23.9 Å². The Kier molecular flexibility index (Phi) is 11.3. The van der Waals surface area contributed by atoms with Gasteiger partial charge in [-0.15, -0.1) is 0 Å². The van der Waals surface area contributed by atoms with E-state index < -0.39 is 55.1 Å². The maximum atomic E-state index is 13.4. The van der Waals surface area contributed by atoms with Gasteiger partial charge in [-0.3, -0.25) is 14.4 Å². The molecule has 0 saturated carbocycles. The summed E-state index contributed by atoms with van der Waals surface area (Å²) < 4.78 is 48.7. The number of benzene rings is 2. The van der Waals surface area contributed by atoms with Crippen LogP contribution in [0.4, 0.5) is 0 Å². The predicted octanol–water partition coefficient (Wildman–Crippen LogP) is 2.83. The van der Waals surface area contributed by atoms with E-state index in [2.05, 4.69) is 0 Å². The monoisotopic (exact) mass is 588 g/mol. The van der Waals surface area contributed by atoms with Crippen molar-refractivity contribution in [2.24, 2.45) is 0 Å². The number of hydrogen-bond acceptors (Lipinski definition) is 13. The first-order valence-corrected chi connectivity index (χ1v) is 12.6. The van der Waals surface area contributed by atoms with Crippen molar-refractivity contribution in [3.8, 4) is 23.0 Å². The van der Waals surface area contributed by atoms with Gasteiger partial charge in [-0.25, -0.2) is 4.79 Å². The van der Waals surface area contributed by atoms with Gasteiger partial charge in [0.2, 0.25) is 5.76 Å². The van der Waals surface area contributed by atoms with E-state index in [1.165, 1.54) is 60.3 Å². The fourth-order valence-corrected chi connectivity index (χ4v) is 4.01. The number of carbonyl (C=O) groups is 4. The van der Waals surface area contributed by atoms with Gasteiger partial charge in [-0.1, -0.05) is 18.2 Å². The fourth-order valence-electron chi connectivity index (χ4n) is 4.01. The molecule has 0 spiro atoms. The summed E-state index contributed by atoms with van der Waals surface area (Å²) in [6.45, 7) is 3.20. The van der Waals surface area contributed by atoms with E-state index in [9.17, 15) is 19.2 Å². The van der Waals surface area contributed by atoms with E-state index in [4.69, 9.17) is 42.6 Å². The predicted molar refractivity (Wildman–Crippen MR) is 144 cm³/mol. The summed E-state index contributed by atoms with van der Waals surface area (Å²) >= 11 is 0. The second kappa shape index (κ2) is 14.8. The minimum absolute atomic E-state index is 0.182. The molecule has 13 heteroatoms. The second-order valence-corrected chi connectivity index (χ2v) is 8.79. The van der Waals surface area contributed by atoms with E-state index >= 15 is 0 Å². The van der Waals surface area contributed by atoms with Gasteiger partial charge in [-0.2, -0.15) is 0 Å². The van der Waals surface area contributed by atoms with Crippen LogP contribution in [-0.2, 0) is 42.9 Å². The highest BCUT2D eigenvalue weighted by Gasteiger charge is 2.50. The minimum atomic E-state index is -1.12. The van der Waals surface area contributed by atoms with Crippen LogP contribution in [0.15, 0.2) is 48.2 Å². The molecule has 3 rings (SSSR count). The molecular weight excluding hydrogens is 556 g/mol. The highest BCUT2D eigenvalue weighted by atomic mass is 16.7. The Hall–Kier alpha value is -4.62. The lowest BCUT2D eigenvalue weighted by Gasteiger charge is -2.22. The van der Waals surface area contributed by atoms with Crippen LogP contribution >= 0.6 is 0 Å². The molecule has 1 aliphatic heterocycles. The van der Waals surface area contributed by atoms with E-state index in [0.717, 1.165) is 0 Å². The molecule has 1 aliphatic rings. The molecule has 4 atom stereocenters. The Morgan fingerprint density at radius 2 is 1.38 bits per heavy atom. The highest BCUT2D eigenvalue weighted by Crippen LogP contribution is 2.32. The Morgan fingerprint density at radius 3 is 1.98 bits per heavy atom. The van der Waals surface area contributed by atoms with Crippen LogP contribution in [0.25, 0.3) is 6.08 Å². The molecule has 1 saturated heterocycles. The van der Waals surface area contributed by atoms with Crippen molar-refractivity contribution >= 4 is 30.0 Å². The Bertz CT molecular complexity index is 1320. The molecule has 0 unspecified atom stereocenters. The zero-order valence-electron chi connectivity index (χ0n) is 23.9. The summed E-state index contributed by atoms with van der Waals surface area (Å²) in [5.74, 6) is -2.05. The molecule has 226 valence electrons. The van der Waals surface area contributed by atoms with Gasteiger partial charge in [0.15, 0.2) is 41.5 Å². The number of para-hydroxylation sites is 2. The van der Waals surface area contributed by atoms with Crippen LogP contribution in [0.2, 0.25) is 0 Å². The van der Waals surface area contributed by atoms with Crippen molar-refractivity contribution in [1.29, 1.82) is 0 Å². The number of esters is 4. The molecule has 13 nitrogen and oxygen atoms in total. The van der Waals surface area contributed by atoms with Crippen molar-refractivity contribution in [3.05, 3.63) is 53.8 Å². The Morgan fingerprint density at radius 1 is 0.762 bits per heavy atom. The SMILES string of the molecule is COc1cc(/C=C(\Oc2ccccc2OC)C(=O)OC[C@@H]2O[C@@H](OC)[C@H](OC(C)=O)[C@H]2OC(C)=O)ccc1OC(C)=O. The van der Waals surface area contributed by atoms with Gasteiger partial charge in [0.05, 0.1) is 14.2 Å². The average molecular weight is 589 g/mol. The number of carbonyl (C=O) groups excluding carboxylic acids is 4. The second-order valence-electron chi connectivity index (χ2n) is 8.79. The van der Waals surface area contributed by atoms with Gasteiger partial charge in [0, 0.05) is 27.9 Å². The average Bonchev–Trinajstić information content (AvgIpc) is 3.26. The zero-order chi connectivity index (χ0) is 30.8. The number of rotatable bonds is 12. The Labute approximate surface area is 242 Å². The summed E-state index contributed by atoms with van der Waals surface area (Å²) in [6, 6.07) is 11.2. The summed E-state index contributed by atoms with van der Waals surface area (Å²) in [4.78, 5) is 48.2. The first-order chi connectivity index (χ1) is 20.1. The third-order valence-electron chi connectivity index (χ3n) is 5.71. The van der Waals surface area contributed by atoms with Crippen molar-refractivity contribution < 1.29 is 61.8 Å². The van der Waals surface area contributed by atoms with Gasteiger partial charge in [0.1, 0.15) is 12.7 Å². The maximum absolute atomic E-state index is 13.4. The van der Waals surface area contributed by atoms with E-state index in [1.54, 1.807) is 30.3 Å². The van der Waals surface area contributed by atoms with Gasteiger partial charge in [0.25, 0.3) is 0 Å². The smallest absolute Gasteiger partial charge is 0.374 e. The number of hydrogen-bond donors (Lipinski definition) is 0. The Balaban J connectivity index is 1.91. The van der Waals surface area contributed by atoms with Crippen LogP contribution in [0, 0.1) is 0 Å². The summed E-state index contributed by atoms with van der Waals surface area (Å²) in [7, 11) is 4.16. The lowest BCUT2D eigenvalue weighted by Crippen LogP contribution is -2.41. The topological polar surface area (TPSA) is 151 Å². The molecule has 2 aromatic rings. The first kappa shape index (κ1) is 31.9. The van der Waals surface area contributed by atoms with Crippen molar-refractivity contribution in [2.75, 3.05) is 27.9 Å². The zero-order valence-corrected chi connectivity index (χ0v) is 23.9. The summed E-state index contributed by atoms with van der Waals surface area (Å²) in [5, 5.41) is 0. The maximum Gasteiger partial charge on any atom is 0.374 e. The lowest BCUT2D eigenvalue weighted by atomic mass is 10.1. The van der Waals surface area contributed by atoms with Crippen molar-refractivity contribution in [1.82, 2.24) is 0 Å². The third-order valence-corrected chi connectivity index (χ3v) is 5.71. The van der Waals surface area contributed by atoms with Gasteiger partial charge in [-0.05, 0) is 35.9 Å². The van der Waals surface area contributed by atoms with Crippen LogP contribution in [0.5, 0.6) is 23.0 Å². The molecule has 0 amide bonds. The molecular formula is C29H32O13. The normalized spacial score (nSPS) is 19.8. The molecule has 0 radical (unpaired) electrons. The van der Waals surface area contributed by atoms with Crippen molar-refractivity contribution in [2.45, 2.75) is 45.4 Å². The number of ether oxygens (including phenoxy) is 9. The van der Waals surface area contributed by atoms with Gasteiger partial charge < -0.3 is 42.6 Å². The minimum Gasteiger partial charge on any atom is -0.493 e. The quantitative estimate of drug-likeness (QED) is 0.118. The standard InChI is InChI=1S/C29H32O13/c1-16(30)38-22-12-11-19(13-23(22)35-5)14-24(41-21-10-8-7-9-20(21)34-4)28(33)37-15-25-26(39-17(2)31)27(40-18(3)32)29(36-6)42-25/h7-14,25-27,29H,15H2,1-6H3/b24-14-/t25-,26-,27+,29+/m0/s1. The molecule has 1 fully saturated rings. The molecule has 42 heavy (non-hydrogen) atoms. The molecule has 0 aromatic heterocycles. The fraction of sp³-hybridized carbons (Fsp3) is 0.379. The van der Waals surface area contributed by atoms with E-state index in [0.29, 0.717) is 11.3 Å². The largest absolute Gasteiger partial charge is 0.493 e. The third kappa shape index (κ3) is 8.44. The van der Waals surface area contributed by atoms with Crippen LogP contribution in [0.3, 0.4) is 0 Å². The molecule has 0 aliphatic carbocycles. The van der Waals surface area contributed by atoms with E-state index in [1.807, 2.05) is 0 Å².